The van der Waals surface area contributed by atoms with E-state index in [0.29, 0.717) is 5.69 Å². The van der Waals surface area contributed by atoms with Crippen LogP contribution in [0.1, 0.15) is 22.5 Å². The molecular weight excluding hydrogens is 380 g/mol. The average Bonchev–Trinajstić information content (AvgIpc) is 3.22. The smallest absolute Gasteiger partial charge is 0.274 e. The molecule has 2 aromatic carbocycles. The Morgan fingerprint density at radius 1 is 0.966 bits per heavy atom. The van der Waals surface area contributed by atoms with Crippen molar-refractivity contribution in [2.75, 3.05) is 32.7 Å². The van der Waals surface area contributed by atoms with E-state index in [1.807, 2.05) is 27.6 Å². The zero-order valence-electron chi connectivity index (χ0n) is 16.3. The molecule has 1 aliphatic heterocycles. The standard InChI is InChI=1S/C23H24N4OS/c28-22(19-17-27-20-9-4-5-10-21(20)29-23(27)24-19)26-13-6-12-25(15-16-26)14-11-18-7-2-1-3-8-18/h1-5,7-10,17H,6,11-16H2. The molecular formula is C23H24N4OS. The van der Waals surface area contributed by atoms with E-state index in [4.69, 9.17) is 0 Å². The van der Waals surface area contributed by atoms with E-state index in [9.17, 15) is 4.79 Å². The van der Waals surface area contributed by atoms with Crippen molar-refractivity contribution in [3.8, 4) is 0 Å². The minimum Gasteiger partial charge on any atom is -0.336 e. The molecule has 0 atom stereocenters. The molecule has 0 radical (unpaired) electrons. The molecule has 148 valence electrons. The fourth-order valence-electron chi connectivity index (χ4n) is 4.04. The lowest BCUT2D eigenvalue weighted by atomic mass is 10.1. The van der Waals surface area contributed by atoms with Gasteiger partial charge in [0.25, 0.3) is 5.91 Å². The Bertz CT molecular complexity index is 1130. The van der Waals surface area contributed by atoms with Crippen molar-refractivity contribution in [2.45, 2.75) is 12.8 Å². The number of carbonyl (C=O) groups is 1. The number of para-hydroxylation sites is 1. The monoisotopic (exact) mass is 404 g/mol. The van der Waals surface area contributed by atoms with Crippen LogP contribution in [0.5, 0.6) is 0 Å². The van der Waals surface area contributed by atoms with Gasteiger partial charge in [-0.15, -0.1) is 0 Å². The number of aromatic nitrogens is 2. The first-order valence-electron chi connectivity index (χ1n) is 10.2. The maximum absolute atomic E-state index is 13.1. The molecule has 0 saturated carbocycles. The van der Waals surface area contributed by atoms with Crippen LogP contribution < -0.4 is 0 Å². The predicted octanol–water partition coefficient (Wildman–Crippen LogP) is 3.94. The van der Waals surface area contributed by atoms with Crippen molar-refractivity contribution in [3.05, 3.63) is 72.1 Å². The third kappa shape index (κ3) is 3.78. The highest BCUT2D eigenvalue weighted by molar-refractivity contribution is 7.23. The Balaban J connectivity index is 1.25. The fraction of sp³-hybridized carbons (Fsp3) is 0.304. The van der Waals surface area contributed by atoms with E-state index < -0.39 is 0 Å². The molecule has 4 aromatic rings. The van der Waals surface area contributed by atoms with Gasteiger partial charge in [-0.25, -0.2) is 4.98 Å². The highest BCUT2D eigenvalue weighted by Crippen LogP contribution is 2.26. The summed E-state index contributed by atoms with van der Waals surface area (Å²) in [5, 5.41) is 0. The van der Waals surface area contributed by atoms with Crippen molar-refractivity contribution in [3.63, 3.8) is 0 Å². The van der Waals surface area contributed by atoms with E-state index in [2.05, 4.69) is 52.3 Å². The summed E-state index contributed by atoms with van der Waals surface area (Å²) in [7, 11) is 0. The Morgan fingerprint density at radius 3 is 2.69 bits per heavy atom. The zero-order chi connectivity index (χ0) is 19.6. The number of imidazole rings is 1. The molecule has 5 rings (SSSR count). The van der Waals surface area contributed by atoms with Crippen LogP contribution in [0.15, 0.2) is 60.8 Å². The molecule has 1 fully saturated rings. The summed E-state index contributed by atoms with van der Waals surface area (Å²) in [5.41, 5.74) is 3.04. The van der Waals surface area contributed by atoms with Gasteiger partial charge >= 0.3 is 0 Å². The molecule has 1 saturated heterocycles. The number of hydrogen-bond acceptors (Lipinski definition) is 4. The van der Waals surface area contributed by atoms with E-state index in [1.165, 1.54) is 10.3 Å². The summed E-state index contributed by atoms with van der Waals surface area (Å²) in [6, 6.07) is 18.8. The van der Waals surface area contributed by atoms with E-state index >= 15 is 0 Å². The topological polar surface area (TPSA) is 40.9 Å². The summed E-state index contributed by atoms with van der Waals surface area (Å²) in [4.78, 5) is 23.0. The average molecular weight is 405 g/mol. The number of carbonyl (C=O) groups excluding carboxylic acids is 1. The second kappa shape index (κ2) is 7.97. The number of amides is 1. The highest BCUT2D eigenvalue weighted by atomic mass is 32.1. The van der Waals surface area contributed by atoms with Crippen LogP contribution in [-0.4, -0.2) is 57.8 Å². The first-order chi connectivity index (χ1) is 14.3. The number of rotatable bonds is 4. The van der Waals surface area contributed by atoms with E-state index in [-0.39, 0.29) is 5.91 Å². The molecule has 6 heteroatoms. The van der Waals surface area contributed by atoms with Crippen LogP contribution in [0.3, 0.4) is 0 Å². The van der Waals surface area contributed by atoms with E-state index in [1.54, 1.807) is 11.3 Å². The van der Waals surface area contributed by atoms with Gasteiger partial charge in [0.1, 0.15) is 5.69 Å². The molecule has 0 N–H and O–H groups in total. The lowest BCUT2D eigenvalue weighted by Crippen LogP contribution is -2.35. The van der Waals surface area contributed by atoms with Crippen LogP contribution in [0.4, 0.5) is 0 Å². The molecule has 2 aromatic heterocycles. The Kier molecular flexibility index (Phi) is 5.04. The lowest BCUT2D eigenvalue weighted by Gasteiger charge is -2.21. The van der Waals surface area contributed by atoms with Crippen molar-refractivity contribution in [1.82, 2.24) is 19.2 Å². The molecule has 5 nitrogen and oxygen atoms in total. The van der Waals surface area contributed by atoms with Gasteiger partial charge in [0.2, 0.25) is 0 Å². The van der Waals surface area contributed by atoms with Gasteiger partial charge in [0.15, 0.2) is 4.96 Å². The summed E-state index contributed by atoms with van der Waals surface area (Å²) in [5.74, 6) is 0.0508. The largest absolute Gasteiger partial charge is 0.336 e. The molecule has 29 heavy (non-hydrogen) atoms. The van der Waals surface area contributed by atoms with Gasteiger partial charge in [0, 0.05) is 32.4 Å². The number of benzene rings is 2. The van der Waals surface area contributed by atoms with Crippen molar-refractivity contribution in [1.29, 1.82) is 0 Å². The van der Waals surface area contributed by atoms with Crippen molar-refractivity contribution >= 4 is 32.4 Å². The second-order valence-corrected chi connectivity index (χ2v) is 8.58. The summed E-state index contributed by atoms with van der Waals surface area (Å²) < 4.78 is 3.23. The van der Waals surface area contributed by atoms with Crippen LogP contribution in [0.2, 0.25) is 0 Å². The van der Waals surface area contributed by atoms with Crippen LogP contribution >= 0.6 is 11.3 Å². The first-order valence-corrected chi connectivity index (χ1v) is 11.0. The minimum atomic E-state index is 0.0508. The van der Waals surface area contributed by atoms with E-state index in [0.717, 1.165) is 56.0 Å². The van der Waals surface area contributed by atoms with Gasteiger partial charge in [-0.3, -0.25) is 9.20 Å². The number of nitrogens with zero attached hydrogens (tertiary/aromatic N) is 4. The molecule has 1 amide bonds. The minimum absolute atomic E-state index is 0.0508. The highest BCUT2D eigenvalue weighted by Gasteiger charge is 2.23. The van der Waals surface area contributed by atoms with Crippen LogP contribution in [0, 0.1) is 0 Å². The summed E-state index contributed by atoms with van der Waals surface area (Å²) in [6.45, 7) is 4.56. The molecule has 0 aliphatic carbocycles. The molecule has 0 unspecified atom stereocenters. The Hall–Kier alpha value is -2.70. The molecule has 3 heterocycles. The number of thiazole rings is 1. The lowest BCUT2D eigenvalue weighted by molar-refractivity contribution is 0.0756. The number of fused-ring (bicyclic) bond motifs is 3. The maximum atomic E-state index is 13.1. The molecule has 0 bridgehead atoms. The van der Waals surface area contributed by atoms with Gasteiger partial charge in [-0.2, -0.15) is 0 Å². The summed E-state index contributed by atoms with van der Waals surface area (Å²) in [6.07, 6.45) is 3.96. The summed E-state index contributed by atoms with van der Waals surface area (Å²) >= 11 is 1.63. The molecule has 0 spiro atoms. The normalized spacial score (nSPS) is 15.8. The van der Waals surface area contributed by atoms with Gasteiger partial charge in [0.05, 0.1) is 10.2 Å². The van der Waals surface area contributed by atoms with Crippen LogP contribution in [0.25, 0.3) is 15.2 Å². The first kappa shape index (κ1) is 18.3. The van der Waals surface area contributed by atoms with Gasteiger partial charge in [-0.05, 0) is 37.1 Å². The maximum Gasteiger partial charge on any atom is 0.274 e. The molecule has 1 aliphatic rings. The van der Waals surface area contributed by atoms with Crippen LogP contribution in [-0.2, 0) is 6.42 Å². The van der Waals surface area contributed by atoms with Gasteiger partial charge < -0.3 is 9.80 Å². The quantitative estimate of drug-likeness (QED) is 0.517. The second-order valence-electron chi connectivity index (χ2n) is 7.57. The Labute approximate surface area is 174 Å². The third-order valence-corrected chi connectivity index (χ3v) is 6.69. The van der Waals surface area contributed by atoms with Gasteiger partial charge in [-0.1, -0.05) is 53.8 Å². The Morgan fingerprint density at radius 2 is 1.79 bits per heavy atom. The van der Waals surface area contributed by atoms with Crippen molar-refractivity contribution in [2.24, 2.45) is 0 Å². The predicted molar refractivity (Wildman–Crippen MR) is 118 cm³/mol. The zero-order valence-corrected chi connectivity index (χ0v) is 17.1. The SMILES string of the molecule is O=C(c1cn2c(n1)sc1ccccc12)N1CCCN(CCc2ccccc2)CC1. The third-order valence-electron chi connectivity index (χ3n) is 5.65. The number of hydrogen-bond donors (Lipinski definition) is 0. The van der Waals surface area contributed by atoms with Crippen molar-refractivity contribution < 1.29 is 4.79 Å². The fourth-order valence-corrected chi connectivity index (χ4v) is 5.05.